The largest absolute Gasteiger partial charge is 0.481 e. The summed E-state index contributed by atoms with van der Waals surface area (Å²) < 4.78 is 5.06. The standard InChI is InChI=1S/C12H22N2O4/c1-8(2)10(7-18-3)13-12(17)14-5-9(6-14)4-11(15)16/h8-10H,4-7H2,1-3H3,(H,13,17)(H,15,16). The maximum Gasteiger partial charge on any atom is 0.317 e. The molecule has 0 saturated carbocycles. The molecule has 104 valence electrons. The number of nitrogens with one attached hydrogen (secondary N) is 1. The summed E-state index contributed by atoms with van der Waals surface area (Å²) in [5.41, 5.74) is 0. The molecule has 18 heavy (non-hydrogen) atoms. The number of methoxy groups -OCH3 is 1. The van der Waals surface area contributed by atoms with Crippen LogP contribution in [-0.4, -0.2) is 54.9 Å². The minimum atomic E-state index is -0.806. The number of carbonyl (C=O) groups is 2. The molecule has 1 saturated heterocycles. The molecule has 6 heteroatoms. The van der Waals surface area contributed by atoms with Crippen LogP contribution in [-0.2, 0) is 9.53 Å². The third-order valence-electron chi connectivity index (χ3n) is 3.17. The van der Waals surface area contributed by atoms with Crippen LogP contribution in [0.5, 0.6) is 0 Å². The van der Waals surface area contributed by atoms with Crippen LogP contribution < -0.4 is 5.32 Å². The Bertz CT molecular complexity index is 300. The third kappa shape index (κ3) is 4.18. The maximum atomic E-state index is 11.9. The lowest BCUT2D eigenvalue weighted by molar-refractivity contribution is -0.139. The third-order valence-corrected chi connectivity index (χ3v) is 3.17. The van der Waals surface area contributed by atoms with Crippen LogP contribution in [0, 0.1) is 11.8 Å². The number of hydrogen-bond donors (Lipinski definition) is 2. The maximum absolute atomic E-state index is 11.9. The second kappa shape index (κ2) is 6.58. The molecule has 1 aliphatic rings. The van der Waals surface area contributed by atoms with Gasteiger partial charge in [0, 0.05) is 26.1 Å². The number of carbonyl (C=O) groups excluding carboxylic acids is 1. The molecular formula is C12H22N2O4. The molecule has 0 aromatic carbocycles. The number of ether oxygens (including phenoxy) is 1. The Hall–Kier alpha value is -1.30. The Morgan fingerprint density at radius 2 is 2.06 bits per heavy atom. The molecule has 0 bridgehead atoms. The van der Waals surface area contributed by atoms with Gasteiger partial charge in [-0.05, 0) is 5.92 Å². The van der Waals surface area contributed by atoms with Crippen LogP contribution in [0.3, 0.4) is 0 Å². The Morgan fingerprint density at radius 3 is 2.50 bits per heavy atom. The normalized spacial score (nSPS) is 17.4. The van der Waals surface area contributed by atoms with E-state index in [0.29, 0.717) is 25.6 Å². The lowest BCUT2D eigenvalue weighted by Gasteiger charge is -2.39. The van der Waals surface area contributed by atoms with E-state index in [1.807, 2.05) is 13.8 Å². The summed E-state index contributed by atoms with van der Waals surface area (Å²) in [7, 11) is 1.61. The first-order valence-electron chi connectivity index (χ1n) is 6.20. The van der Waals surface area contributed by atoms with Gasteiger partial charge in [0.05, 0.1) is 19.1 Å². The van der Waals surface area contributed by atoms with E-state index in [1.54, 1.807) is 12.0 Å². The lowest BCUT2D eigenvalue weighted by atomic mass is 9.97. The molecule has 0 radical (unpaired) electrons. The van der Waals surface area contributed by atoms with Gasteiger partial charge in [-0.3, -0.25) is 4.79 Å². The Morgan fingerprint density at radius 1 is 1.44 bits per heavy atom. The minimum absolute atomic E-state index is 0.0129. The zero-order chi connectivity index (χ0) is 13.7. The number of likely N-dealkylation sites (tertiary alicyclic amines) is 1. The summed E-state index contributed by atoms with van der Waals surface area (Å²) in [4.78, 5) is 24.0. The fourth-order valence-electron chi connectivity index (χ4n) is 1.94. The van der Waals surface area contributed by atoms with E-state index >= 15 is 0 Å². The van der Waals surface area contributed by atoms with Crippen molar-refractivity contribution in [2.75, 3.05) is 26.8 Å². The lowest BCUT2D eigenvalue weighted by Crippen LogP contribution is -2.57. The van der Waals surface area contributed by atoms with Crippen molar-refractivity contribution in [1.29, 1.82) is 0 Å². The van der Waals surface area contributed by atoms with E-state index in [2.05, 4.69) is 5.32 Å². The van der Waals surface area contributed by atoms with E-state index in [9.17, 15) is 9.59 Å². The highest BCUT2D eigenvalue weighted by Gasteiger charge is 2.33. The number of amides is 2. The second-order valence-corrected chi connectivity index (χ2v) is 5.12. The van der Waals surface area contributed by atoms with Crippen LogP contribution in [0.4, 0.5) is 4.79 Å². The zero-order valence-electron chi connectivity index (χ0n) is 11.2. The summed E-state index contributed by atoms with van der Waals surface area (Å²) in [6.07, 6.45) is 0.134. The van der Waals surface area contributed by atoms with Crippen molar-refractivity contribution >= 4 is 12.0 Å². The predicted molar refractivity (Wildman–Crippen MR) is 66.3 cm³/mol. The van der Waals surface area contributed by atoms with Gasteiger partial charge in [0.25, 0.3) is 0 Å². The average Bonchev–Trinajstić information content (AvgIpc) is 2.21. The number of carboxylic acid groups (broad SMARTS) is 1. The Labute approximate surface area is 107 Å². The minimum Gasteiger partial charge on any atom is -0.481 e. The van der Waals surface area contributed by atoms with E-state index < -0.39 is 5.97 Å². The molecule has 1 heterocycles. The molecule has 1 fully saturated rings. The van der Waals surface area contributed by atoms with Gasteiger partial charge < -0.3 is 20.1 Å². The van der Waals surface area contributed by atoms with Gasteiger partial charge >= 0.3 is 12.0 Å². The van der Waals surface area contributed by atoms with Gasteiger partial charge in [-0.25, -0.2) is 4.79 Å². The zero-order valence-corrected chi connectivity index (χ0v) is 11.2. The molecule has 0 aliphatic carbocycles. The van der Waals surface area contributed by atoms with Crippen LogP contribution in [0.1, 0.15) is 20.3 Å². The molecule has 0 spiro atoms. The van der Waals surface area contributed by atoms with Crippen LogP contribution in [0.15, 0.2) is 0 Å². The molecular weight excluding hydrogens is 236 g/mol. The number of aliphatic carboxylic acids is 1. The quantitative estimate of drug-likeness (QED) is 0.737. The molecule has 1 rings (SSSR count). The molecule has 2 amide bonds. The number of rotatable bonds is 6. The average molecular weight is 258 g/mol. The summed E-state index contributed by atoms with van der Waals surface area (Å²) in [6, 6.07) is -0.145. The first-order valence-corrected chi connectivity index (χ1v) is 6.20. The van der Waals surface area contributed by atoms with Gasteiger partial charge in [-0.15, -0.1) is 0 Å². The highest BCUT2D eigenvalue weighted by Crippen LogP contribution is 2.19. The molecule has 2 N–H and O–H groups in total. The summed E-state index contributed by atoms with van der Waals surface area (Å²) in [5.74, 6) is -0.419. The molecule has 1 atom stereocenters. The van der Waals surface area contributed by atoms with Gasteiger partial charge in [0.2, 0.25) is 0 Å². The van der Waals surface area contributed by atoms with E-state index in [4.69, 9.17) is 9.84 Å². The fraction of sp³-hybridized carbons (Fsp3) is 0.833. The second-order valence-electron chi connectivity index (χ2n) is 5.12. The number of urea groups is 1. The SMILES string of the molecule is COCC(NC(=O)N1CC(CC(=O)O)C1)C(C)C. The molecule has 1 aliphatic heterocycles. The first kappa shape index (κ1) is 14.8. The van der Waals surface area contributed by atoms with E-state index in [-0.39, 0.29) is 24.4 Å². The van der Waals surface area contributed by atoms with Crippen molar-refractivity contribution in [3.05, 3.63) is 0 Å². The summed E-state index contributed by atoms with van der Waals surface area (Å²) in [5, 5.41) is 11.5. The van der Waals surface area contributed by atoms with Crippen molar-refractivity contribution < 1.29 is 19.4 Å². The Kier molecular flexibility index (Phi) is 5.40. The van der Waals surface area contributed by atoms with Crippen LogP contribution >= 0.6 is 0 Å². The molecule has 6 nitrogen and oxygen atoms in total. The topological polar surface area (TPSA) is 78.9 Å². The molecule has 0 aromatic rings. The van der Waals surface area contributed by atoms with Gasteiger partial charge in [0.1, 0.15) is 0 Å². The van der Waals surface area contributed by atoms with E-state index in [1.165, 1.54) is 0 Å². The summed E-state index contributed by atoms with van der Waals surface area (Å²) in [6.45, 7) is 5.57. The van der Waals surface area contributed by atoms with Crippen LogP contribution in [0.2, 0.25) is 0 Å². The number of hydrogen-bond acceptors (Lipinski definition) is 3. The van der Waals surface area contributed by atoms with Gasteiger partial charge in [-0.2, -0.15) is 0 Å². The fourth-order valence-corrected chi connectivity index (χ4v) is 1.94. The van der Waals surface area contributed by atoms with Gasteiger partial charge in [-0.1, -0.05) is 13.8 Å². The van der Waals surface area contributed by atoms with Crippen molar-refractivity contribution in [3.8, 4) is 0 Å². The predicted octanol–water partition coefficient (Wildman–Crippen LogP) is 0.773. The Balaban J connectivity index is 2.32. The van der Waals surface area contributed by atoms with Crippen molar-refractivity contribution in [1.82, 2.24) is 10.2 Å². The highest BCUT2D eigenvalue weighted by atomic mass is 16.5. The molecule has 1 unspecified atom stereocenters. The first-order chi connectivity index (χ1) is 8.43. The smallest absolute Gasteiger partial charge is 0.317 e. The van der Waals surface area contributed by atoms with Crippen molar-refractivity contribution in [3.63, 3.8) is 0 Å². The molecule has 0 aromatic heterocycles. The summed E-state index contributed by atoms with van der Waals surface area (Å²) >= 11 is 0. The van der Waals surface area contributed by atoms with Crippen molar-refractivity contribution in [2.24, 2.45) is 11.8 Å². The number of carboxylic acids is 1. The van der Waals surface area contributed by atoms with Gasteiger partial charge in [0.15, 0.2) is 0 Å². The number of nitrogens with zero attached hydrogens (tertiary/aromatic N) is 1. The van der Waals surface area contributed by atoms with Crippen molar-refractivity contribution in [2.45, 2.75) is 26.3 Å². The van der Waals surface area contributed by atoms with E-state index in [0.717, 1.165) is 0 Å². The monoisotopic (exact) mass is 258 g/mol. The van der Waals surface area contributed by atoms with Crippen LogP contribution in [0.25, 0.3) is 0 Å². The highest BCUT2D eigenvalue weighted by molar-refractivity contribution is 5.76.